The Hall–Kier alpha value is -2.01. The predicted octanol–water partition coefficient (Wildman–Crippen LogP) is 4.10. The fraction of sp³-hybridized carbons (Fsp3) is 0.412. The normalized spacial score (nSPS) is 14.2. The van der Waals surface area contributed by atoms with E-state index in [1.54, 1.807) is 7.11 Å². The van der Waals surface area contributed by atoms with Crippen molar-refractivity contribution in [1.82, 2.24) is 9.97 Å². The Balaban J connectivity index is 1.92. The minimum absolute atomic E-state index is 0.684. The quantitative estimate of drug-likeness (QED) is 0.913. The first-order valence-corrected chi connectivity index (χ1v) is 8.16. The monoisotopic (exact) mass is 332 g/mol. The van der Waals surface area contributed by atoms with Crippen LogP contribution in [-0.4, -0.2) is 30.2 Å². The molecule has 122 valence electrons. The maximum absolute atomic E-state index is 6.16. The summed E-state index contributed by atoms with van der Waals surface area (Å²) in [6, 6.07) is 5.77. The largest absolute Gasteiger partial charge is 0.495 e. The van der Waals surface area contributed by atoms with E-state index in [9.17, 15) is 0 Å². The highest BCUT2D eigenvalue weighted by Crippen LogP contribution is 2.33. The lowest BCUT2D eigenvalue weighted by atomic mass is 10.2. The maximum atomic E-state index is 6.16. The Morgan fingerprint density at radius 1 is 1.13 bits per heavy atom. The fourth-order valence-corrected chi connectivity index (χ4v) is 2.95. The van der Waals surface area contributed by atoms with Crippen LogP contribution in [0.4, 0.5) is 17.3 Å². The molecule has 2 aromatic rings. The number of methoxy groups -OCH3 is 1. The van der Waals surface area contributed by atoms with Gasteiger partial charge < -0.3 is 15.0 Å². The molecule has 1 fully saturated rings. The fourth-order valence-electron chi connectivity index (χ4n) is 2.79. The number of ether oxygens (including phenoxy) is 1. The van der Waals surface area contributed by atoms with Crippen molar-refractivity contribution in [2.24, 2.45) is 0 Å². The van der Waals surface area contributed by atoms with E-state index in [1.807, 2.05) is 32.0 Å². The Morgan fingerprint density at radius 2 is 1.87 bits per heavy atom. The van der Waals surface area contributed by atoms with E-state index in [-0.39, 0.29) is 0 Å². The topological polar surface area (TPSA) is 50.3 Å². The van der Waals surface area contributed by atoms with Crippen LogP contribution in [0, 0.1) is 13.8 Å². The average Bonchev–Trinajstić information content (AvgIpc) is 3.04. The van der Waals surface area contributed by atoms with Crippen molar-refractivity contribution < 1.29 is 4.74 Å². The summed E-state index contributed by atoms with van der Waals surface area (Å²) in [4.78, 5) is 11.3. The van der Waals surface area contributed by atoms with Crippen molar-refractivity contribution in [3.8, 4) is 5.75 Å². The van der Waals surface area contributed by atoms with Gasteiger partial charge in [0.25, 0.3) is 0 Å². The van der Waals surface area contributed by atoms with Crippen molar-refractivity contribution in [2.45, 2.75) is 26.7 Å². The van der Waals surface area contributed by atoms with Gasteiger partial charge >= 0.3 is 0 Å². The van der Waals surface area contributed by atoms with E-state index in [0.717, 1.165) is 41.8 Å². The number of nitrogens with zero attached hydrogens (tertiary/aromatic N) is 3. The Kier molecular flexibility index (Phi) is 4.57. The van der Waals surface area contributed by atoms with Gasteiger partial charge in [0.15, 0.2) is 0 Å². The third-order valence-electron chi connectivity index (χ3n) is 4.00. The molecule has 0 aliphatic carbocycles. The summed E-state index contributed by atoms with van der Waals surface area (Å²) < 4.78 is 5.41. The molecular weight excluding hydrogens is 312 g/mol. The van der Waals surface area contributed by atoms with Crippen LogP contribution in [0.5, 0.6) is 5.75 Å². The predicted molar refractivity (Wildman–Crippen MR) is 94.2 cm³/mol. The van der Waals surface area contributed by atoms with Crippen molar-refractivity contribution in [1.29, 1.82) is 0 Å². The van der Waals surface area contributed by atoms with Gasteiger partial charge in [-0.05, 0) is 38.3 Å². The van der Waals surface area contributed by atoms with Crippen LogP contribution in [0.25, 0.3) is 0 Å². The van der Waals surface area contributed by atoms with Gasteiger partial charge in [0, 0.05) is 30.2 Å². The summed E-state index contributed by atoms with van der Waals surface area (Å²) in [5.41, 5.74) is 1.83. The zero-order chi connectivity index (χ0) is 16.4. The number of halogens is 1. The highest BCUT2D eigenvalue weighted by molar-refractivity contribution is 6.31. The van der Waals surface area contributed by atoms with Crippen LogP contribution in [0.1, 0.15) is 24.2 Å². The first-order chi connectivity index (χ1) is 11.1. The molecule has 1 aliphatic heterocycles. The standard InChI is InChI=1S/C17H21ClN4O/c1-11-8-14(15(23-3)9-13(11)18)21-16-10-17(20-12(2)19-16)22-6-4-5-7-22/h8-10H,4-7H2,1-3H3,(H,19,20,21). The molecule has 1 aromatic carbocycles. The van der Waals surface area contributed by atoms with Crippen LogP contribution in [0.2, 0.25) is 5.02 Å². The van der Waals surface area contributed by atoms with Gasteiger partial charge in [-0.25, -0.2) is 9.97 Å². The summed E-state index contributed by atoms with van der Waals surface area (Å²) in [6.45, 7) is 5.99. The van der Waals surface area contributed by atoms with Gasteiger partial charge in [-0.2, -0.15) is 0 Å². The molecule has 5 nitrogen and oxygen atoms in total. The zero-order valence-electron chi connectivity index (χ0n) is 13.7. The van der Waals surface area contributed by atoms with Crippen molar-refractivity contribution in [3.63, 3.8) is 0 Å². The molecule has 0 spiro atoms. The van der Waals surface area contributed by atoms with Crippen LogP contribution < -0.4 is 15.0 Å². The molecule has 0 radical (unpaired) electrons. The average molecular weight is 333 g/mol. The number of rotatable bonds is 4. The minimum atomic E-state index is 0.684. The number of hydrogen-bond acceptors (Lipinski definition) is 5. The highest BCUT2D eigenvalue weighted by atomic mass is 35.5. The summed E-state index contributed by atoms with van der Waals surface area (Å²) in [6.07, 6.45) is 2.44. The van der Waals surface area contributed by atoms with Crippen LogP contribution >= 0.6 is 11.6 Å². The lowest BCUT2D eigenvalue weighted by molar-refractivity contribution is 0.416. The van der Waals surface area contributed by atoms with Gasteiger partial charge in [0.2, 0.25) is 0 Å². The first-order valence-electron chi connectivity index (χ1n) is 7.78. The molecule has 0 saturated carbocycles. The molecule has 0 bridgehead atoms. The molecule has 3 rings (SSSR count). The van der Waals surface area contributed by atoms with Crippen LogP contribution in [-0.2, 0) is 0 Å². The number of benzene rings is 1. The molecule has 1 aromatic heterocycles. The third-order valence-corrected chi connectivity index (χ3v) is 4.41. The highest BCUT2D eigenvalue weighted by Gasteiger charge is 2.16. The van der Waals surface area contributed by atoms with E-state index in [0.29, 0.717) is 10.8 Å². The van der Waals surface area contributed by atoms with Gasteiger partial charge in [-0.3, -0.25) is 0 Å². The molecule has 0 unspecified atom stereocenters. The first kappa shape index (κ1) is 15.9. The van der Waals surface area contributed by atoms with Crippen molar-refractivity contribution >= 4 is 28.9 Å². The number of hydrogen-bond donors (Lipinski definition) is 1. The summed E-state index contributed by atoms with van der Waals surface area (Å²) in [7, 11) is 1.63. The van der Waals surface area contributed by atoms with E-state index >= 15 is 0 Å². The third kappa shape index (κ3) is 3.50. The van der Waals surface area contributed by atoms with Gasteiger partial charge in [0.05, 0.1) is 12.8 Å². The molecule has 1 N–H and O–H groups in total. The lowest BCUT2D eigenvalue weighted by Crippen LogP contribution is -2.19. The molecule has 1 saturated heterocycles. The molecule has 0 amide bonds. The van der Waals surface area contributed by atoms with Gasteiger partial charge in [-0.15, -0.1) is 0 Å². The number of nitrogens with one attached hydrogen (secondary N) is 1. The molecule has 0 atom stereocenters. The summed E-state index contributed by atoms with van der Waals surface area (Å²) in [5.74, 6) is 3.18. The van der Waals surface area contributed by atoms with E-state index in [2.05, 4.69) is 20.2 Å². The van der Waals surface area contributed by atoms with Crippen molar-refractivity contribution in [3.05, 3.63) is 34.6 Å². The molecule has 23 heavy (non-hydrogen) atoms. The molecular formula is C17H21ClN4O. The number of anilines is 3. The summed E-state index contributed by atoms with van der Waals surface area (Å²) >= 11 is 6.16. The van der Waals surface area contributed by atoms with Gasteiger partial charge in [0.1, 0.15) is 23.2 Å². The Bertz CT molecular complexity index is 714. The molecule has 6 heteroatoms. The minimum Gasteiger partial charge on any atom is -0.495 e. The van der Waals surface area contributed by atoms with E-state index < -0.39 is 0 Å². The summed E-state index contributed by atoms with van der Waals surface area (Å²) in [5, 5.41) is 4.02. The van der Waals surface area contributed by atoms with Crippen LogP contribution in [0.3, 0.4) is 0 Å². The van der Waals surface area contributed by atoms with Crippen LogP contribution in [0.15, 0.2) is 18.2 Å². The number of aromatic nitrogens is 2. The second kappa shape index (κ2) is 6.62. The van der Waals surface area contributed by atoms with E-state index in [1.165, 1.54) is 12.8 Å². The zero-order valence-corrected chi connectivity index (χ0v) is 14.4. The second-order valence-corrected chi connectivity index (χ2v) is 6.19. The number of aryl methyl sites for hydroxylation is 2. The second-order valence-electron chi connectivity index (χ2n) is 5.78. The maximum Gasteiger partial charge on any atom is 0.143 e. The lowest BCUT2D eigenvalue weighted by Gasteiger charge is -2.18. The van der Waals surface area contributed by atoms with E-state index in [4.69, 9.17) is 16.3 Å². The Labute approximate surface area is 141 Å². The smallest absolute Gasteiger partial charge is 0.143 e. The van der Waals surface area contributed by atoms with Gasteiger partial charge in [-0.1, -0.05) is 11.6 Å². The van der Waals surface area contributed by atoms with Crippen molar-refractivity contribution in [2.75, 3.05) is 30.4 Å². The molecule has 2 heterocycles. The SMILES string of the molecule is COc1cc(Cl)c(C)cc1Nc1cc(N2CCCC2)nc(C)n1. The molecule has 1 aliphatic rings. The Morgan fingerprint density at radius 3 is 2.57 bits per heavy atom.